The Labute approximate surface area is 173 Å². The van der Waals surface area contributed by atoms with E-state index in [9.17, 15) is 4.21 Å². The van der Waals surface area contributed by atoms with E-state index in [1.165, 1.54) is 5.56 Å². The van der Waals surface area contributed by atoms with E-state index in [1.807, 2.05) is 19.1 Å². The van der Waals surface area contributed by atoms with Crippen LogP contribution in [0.15, 0.2) is 29.3 Å². The van der Waals surface area contributed by atoms with Crippen LogP contribution in [0.2, 0.25) is 0 Å². The maximum Gasteiger partial charge on any atom is 0.191 e. The van der Waals surface area contributed by atoms with Crippen LogP contribution < -0.4 is 15.4 Å². The molecule has 2 N–H and O–H groups in total. The summed E-state index contributed by atoms with van der Waals surface area (Å²) in [5.74, 6) is 2.96. The average molecular weight is 408 g/mol. The van der Waals surface area contributed by atoms with Crippen molar-refractivity contribution < 1.29 is 8.95 Å². The Morgan fingerprint density at radius 3 is 2.79 bits per heavy atom. The summed E-state index contributed by atoms with van der Waals surface area (Å²) in [6.45, 7) is 10.4. The molecule has 3 atom stereocenters. The van der Waals surface area contributed by atoms with E-state index in [2.05, 4.69) is 48.5 Å². The Kier molecular flexibility index (Phi) is 9.82. The predicted molar refractivity (Wildman–Crippen MR) is 120 cm³/mol. The minimum atomic E-state index is -0.707. The molecule has 0 radical (unpaired) electrons. The van der Waals surface area contributed by atoms with Crippen molar-refractivity contribution in [3.8, 4) is 5.75 Å². The average Bonchev–Trinajstić information content (AvgIpc) is 2.71. The van der Waals surface area contributed by atoms with Crippen molar-refractivity contribution in [2.45, 2.75) is 70.6 Å². The molecule has 0 saturated heterocycles. The molecule has 0 aromatic heterocycles. The maximum absolute atomic E-state index is 12.2. The van der Waals surface area contributed by atoms with Crippen LogP contribution in [-0.2, 0) is 10.8 Å². The van der Waals surface area contributed by atoms with Crippen LogP contribution in [0.3, 0.4) is 0 Å². The molecule has 0 spiro atoms. The third-order valence-corrected chi connectivity index (χ3v) is 6.87. The highest BCUT2D eigenvalue weighted by Crippen LogP contribution is 2.25. The van der Waals surface area contributed by atoms with Gasteiger partial charge in [0, 0.05) is 34.4 Å². The van der Waals surface area contributed by atoms with E-state index < -0.39 is 10.8 Å². The summed E-state index contributed by atoms with van der Waals surface area (Å²) in [6.07, 6.45) is 4.28. The second-order valence-corrected chi connectivity index (χ2v) is 9.61. The number of nitrogens with one attached hydrogen (secondary N) is 2. The lowest BCUT2D eigenvalue weighted by atomic mass is 9.95. The predicted octanol–water partition coefficient (Wildman–Crippen LogP) is 3.82. The summed E-state index contributed by atoms with van der Waals surface area (Å²) in [5.41, 5.74) is 1.23. The number of hydrogen-bond acceptors (Lipinski definition) is 3. The SMILES string of the molecule is CCNC(=NCCOc1ccccc1C(C)C)NC1CCCC(S(=O)CC)C1. The van der Waals surface area contributed by atoms with Crippen LogP contribution in [0, 0.1) is 0 Å². The van der Waals surface area contributed by atoms with E-state index in [1.54, 1.807) is 0 Å². The zero-order chi connectivity index (χ0) is 20.4. The number of benzene rings is 1. The van der Waals surface area contributed by atoms with Crippen LogP contribution in [0.1, 0.15) is 64.9 Å². The van der Waals surface area contributed by atoms with Gasteiger partial charge in [0.25, 0.3) is 0 Å². The molecule has 2 rings (SSSR count). The van der Waals surface area contributed by atoms with Gasteiger partial charge in [-0.25, -0.2) is 4.99 Å². The second kappa shape index (κ2) is 12.1. The number of ether oxygens (including phenoxy) is 1. The molecule has 3 unspecified atom stereocenters. The van der Waals surface area contributed by atoms with Gasteiger partial charge in [-0.05, 0) is 43.7 Å². The van der Waals surface area contributed by atoms with Crippen molar-refractivity contribution in [2.75, 3.05) is 25.4 Å². The topological polar surface area (TPSA) is 62.7 Å². The molecule has 1 fully saturated rings. The van der Waals surface area contributed by atoms with Gasteiger partial charge in [0.1, 0.15) is 12.4 Å². The third kappa shape index (κ3) is 7.12. The van der Waals surface area contributed by atoms with Crippen molar-refractivity contribution in [2.24, 2.45) is 4.99 Å². The Balaban J connectivity index is 1.87. The summed E-state index contributed by atoms with van der Waals surface area (Å²) in [5, 5.41) is 7.18. The lowest BCUT2D eigenvalue weighted by Gasteiger charge is -2.30. The second-order valence-electron chi connectivity index (χ2n) is 7.60. The largest absolute Gasteiger partial charge is 0.491 e. The normalized spacial score (nSPS) is 21.4. The molecule has 1 saturated carbocycles. The third-order valence-electron chi connectivity index (χ3n) is 5.13. The first-order valence-corrected chi connectivity index (χ1v) is 12.1. The van der Waals surface area contributed by atoms with E-state index in [-0.39, 0.29) is 0 Å². The van der Waals surface area contributed by atoms with Gasteiger partial charge >= 0.3 is 0 Å². The van der Waals surface area contributed by atoms with Gasteiger partial charge in [-0.2, -0.15) is 0 Å². The standard InChI is InChI=1S/C22H37N3O2S/c1-5-23-22(25-18-10-9-11-19(16-18)28(26)6-2)24-14-15-27-21-13-8-7-12-20(21)17(3)4/h7-8,12-13,17-19H,5-6,9-11,14-16H2,1-4H3,(H2,23,24,25). The molecule has 0 heterocycles. The quantitative estimate of drug-likeness (QED) is 0.371. The molecule has 1 aromatic carbocycles. The molecule has 0 aliphatic heterocycles. The fourth-order valence-electron chi connectivity index (χ4n) is 3.67. The van der Waals surface area contributed by atoms with Crippen LogP contribution in [-0.4, -0.2) is 46.9 Å². The lowest BCUT2D eigenvalue weighted by molar-refractivity contribution is 0.323. The van der Waals surface area contributed by atoms with Crippen molar-refractivity contribution >= 4 is 16.8 Å². The van der Waals surface area contributed by atoms with E-state index in [4.69, 9.17) is 4.74 Å². The van der Waals surface area contributed by atoms with Gasteiger partial charge in [0.15, 0.2) is 5.96 Å². The maximum atomic E-state index is 12.2. The van der Waals surface area contributed by atoms with E-state index in [0.717, 1.165) is 49.7 Å². The summed E-state index contributed by atoms with van der Waals surface area (Å²) in [6, 6.07) is 8.55. The molecule has 0 amide bonds. The minimum absolute atomic E-state index is 0.315. The first kappa shape index (κ1) is 22.7. The molecular weight excluding hydrogens is 370 g/mol. The molecule has 6 heteroatoms. The molecule has 1 aromatic rings. The van der Waals surface area contributed by atoms with Crippen LogP contribution in [0.25, 0.3) is 0 Å². The molecule has 1 aliphatic rings. The summed E-state index contributed by atoms with van der Waals surface area (Å²) in [4.78, 5) is 4.68. The number of rotatable bonds is 9. The van der Waals surface area contributed by atoms with Crippen LogP contribution >= 0.6 is 0 Å². The van der Waals surface area contributed by atoms with Crippen molar-refractivity contribution in [1.29, 1.82) is 0 Å². The van der Waals surface area contributed by atoms with Crippen molar-refractivity contribution in [1.82, 2.24) is 10.6 Å². The molecule has 158 valence electrons. The molecule has 1 aliphatic carbocycles. The number of para-hydroxylation sites is 1. The van der Waals surface area contributed by atoms with Crippen LogP contribution in [0.5, 0.6) is 5.75 Å². The Morgan fingerprint density at radius 1 is 1.29 bits per heavy atom. The van der Waals surface area contributed by atoms with Gasteiger partial charge in [-0.15, -0.1) is 0 Å². The zero-order valence-corrected chi connectivity index (χ0v) is 18.7. The van der Waals surface area contributed by atoms with E-state index in [0.29, 0.717) is 30.4 Å². The number of aliphatic imine (C=N–C) groups is 1. The highest BCUT2D eigenvalue weighted by molar-refractivity contribution is 7.85. The van der Waals surface area contributed by atoms with Crippen molar-refractivity contribution in [3.63, 3.8) is 0 Å². The van der Waals surface area contributed by atoms with E-state index >= 15 is 0 Å². The molecule has 0 bridgehead atoms. The van der Waals surface area contributed by atoms with Crippen molar-refractivity contribution in [3.05, 3.63) is 29.8 Å². The Hall–Kier alpha value is -1.56. The molecule has 5 nitrogen and oxygen atoms in total. The van der Waals surface area contributed by atoms with Gasteiger partial charge in [-0.1, -0.05) is 45.4 Å². The summed E-state index contributed by atoms with van der Waals surface area (Å²) < 4.78 is 18.1. The molecular formula is C22H37N3O2S. The number of nitrogens with zero attached hydrogens (tertiary/aromatic N) is 1. The smallest absolute Gasteiger partial charge is 0.191 e. The monoisotopic (exact) mass is 407 g/mol. The van der Waals surface area contributed by atoms with Gasteiger partial charge < -0.3 is 15.4 Å². The Morgan fingerprint density at radius 2 is 2.07 bits per heavy atom. The highest BCUT2D eigenvalue weighted by Gasteiger charge is 2.26. The molecule has 28 heavy (non-hydrogen) atoms. The highest BCUT2D eigenvalue weighted by atomic mass is 32.2. The first-order chi connectivity index (χ1) is 13.5. The lowest BCUT2D eigenvalue weighted by Crippen LogP contribution is -2.46. The first-order valence-electron chi connectivity index (χ1n) is 10.7. The minimum Gasteiger partial charge on any atom is -0.491 e. The summed E-state index contributed by atoms with van der Waals surface area (Å²) in [7, 11) is -0.707. The van der Waals surface area contributed by atoms with Gasteiger partial charge in [0.05, 0.1) is 6.54 Å². The fourth-order valence-corrected chi connectivity index (χ4v) is 5.01. The van der Waals surface area contributed by atoms with Gasteiger partial charge in [0.2, 0.25) is 0 Å². The number of hydrogen-bond donors (Lipinski definition) is 2. The van der Waals surface area contributed by atoms with Crippen LogP contribution in [0.4, 0.5) is 0 Å². The Bertz CT molecular complexity index is 648. The zero-order valence-electron chi connectivity index (χ0n) is 17.9. The van der Waals surface area contributed by atoms with Gasteiger partial charge in [-0.3, -0.25) is 4.21 Å². The summed E-state index contributed by atoms with van der Waals surface area (Å²) >= 11 is 0. The fraction of sp³-hybridized carbons (Fsp3) is 0.682. The number of guanidine groups is 1.